The Morgan fingerprint density at radius 3 is 2.48 bits per heavy atom. The van der Waals surface area contributed by atoms with Crippen molar-refractivity contribution in [1.29, 1.82) is 0 Å². The SMILES string of the molecule is FC(F)(F)c1cccc(Cl)c1NCc1cc(Cl)ccc1Br. The predicted octanol–water partition coefficient (Wildman–Crippen LogP) is 6.39. The van der Waals surface area contributed by atoms with Crippen LogP contribution in [0.4, 0.5) is 18.9 Å². The van der Waals surface area contributed by atoms with Crippen LogP contribution in [0.5, 0.6) is 0 Å². The molecule has 112 valence electrons. The van der Waals surface area contributed by atoms with Crippen LogP contribution in [0.2, 0.25) is 10.0 Å². The van der Waals surface area contributed by atoms with Gasteiger partial charge in [-0.25, -0.2) is 0 Å². The molecule has 7 heteroatoms. The number of hydrogen-bond donors (Lipinski definition) is 1. The molecule has 0 heterocycles. The van der Waals surface area contributed by atoms with Gasteiger partial charge in [0.15, 0.2) is 0 Å². The Balaban J connectivity index is 2.30. The van der Waals surface area contributed by atoms with Crippen molar-refractivity contribution in [3.63, 3.8) is 0 Å². The van der Waals surface area contributed by atoms with Gasteiger partial charge in [-0.1, -0.05) is 45.2 Å². The molecule has 0 amide bonds. The first-order valence-electron chi connectivity index (χ1n) is 5.82. The molecule has 0 fully saturated rings. The van der Waals surface area contributed by atoms with Crippen molar-refractivity contribution in [3.8, 4) is 0 Å². The number of nitrogens with one attached hydrogen (secondary N) is 1. The summed E-state index contributed by atoms with van der Waals surface area (Å²) in [6.07, 6.45) is -4.47. The maximum atomic E-state index is 13.0. The van der Waals surface area contributed by atoms with Gasteiger partial charge in [0, 0.05) is 16.0 Å². The molecule has 0 unspecified atom stereocenters. The fraction of sp³-hybridized carbons (Fsp3) is 0.143. The molecule has 2 rings (SSSR count). The van der Waals surface area contributed by atoms with Gasteiger partial charge in [0.05, 0.1) is 16.3 Å². The number of para-hydroxylation sites is 1. The van der Waals surface area contributed by atoms with Crippen LogP contribution < -0.4 is 5.32 Å². The molecule has 0 spiro atoms. The van der Waals surface area contributed by atoms with Crippen LogP contribution in [0.1, 0.15) is 11.1 Å². The zero-order valence-electron chi connectivity index (χ0n) is 10.4. The summed E-state index contributed by atoms with van der Waals surface area (Å²) >= 11 is 15.1. The zero-order valence-corrected chi connectivity index (χ0v) is 13.5. The van der Waals surface area contributed by atoms with Crippen LogP contribution >= 0.6 is 39.1 Å². The molecular formula is C14H9BrCl2F3N. The van der Waals surface area contributed by atoms with E-state index in [9.17, 15) is 13.2 Å². The summed E-state index contributed by atoms with van der Waals surface area (Å²) in [6.45, 7) is 0.161. The smallest absolute Gasteiger partial charge is 0.379 e. The average molecular weight is 399 g/mol. The summed E-state index contributed by atoms with van der Waals surface area (Å²) in [6, 6.07) is 8.75. The quantitative estimate of drug-likeness (QED) is 0.631. The highest BCUT2D eigenvalue weighted by Gasteiger charge is 2.34. The van der Waals surface area contributed by atoms with E-state index in [4.69, 9.17) is 23.2 Å². The molecule has 0 atom stereocenters. The summed E-state index contributed by atoms with van der Waals surface area (Å²) in [5.74, 6) is 0. The minimum absolute atomic E-state index is 0.0166. The topological polar surface area (TPSA) is 12.0 Å². The zero-order chi connectivity index (χ0) is 15.6. The summed E-state index contributed by atoms with van der Waals surface area (Å²) < 4.78 is 39.7. The van der Waals surface area contributed by atoms with Crippen LogP contribution in [-0.2, 0) is 12.7 Å². The van der Waals surface area contributed by atoms with Crippen LogP contribution in [0.3, 0.4) is 0 Å². The lowest BCUT2D eigenvalue weighted by molar-refractivity contribution is -0.136. The lowest BCUT2D eigenvalue weighted by Gasteiger charge is -2.16. The van der Waals surface area contributed by atoms with Crippen molar-refractivity contribution in [2.75, 3.05) is 5.32 Å². The van der Waals surface area contributed by atoms with Crippen LogP contribution in [0, 0.1) is 0 Å². The standard InChI is InChI=1S/C14H9BrCl2F3N/c15-11-5-4-9(16)6-8(11)7-21-13-10(14(18,19)20)2-1-3-12(13)17/h1-6,21H,7H2. The molecule has 0 aliphatic rings. The minimum atomic E-state index is -4.47. The Bertz CT molecular complexity index is 659. The normalized spacial score (nSPS) is 11.5. The van der Waals surface area contributed by atoms with Crippen LogP contribution in [0.25, 0.3) is 0 Å². The summed E-state index contributed by atoms with van der Waals surface area (Å²) in [4.78, 5) is 0. The van der Waals surface area contributed by atoms with Crippen molar-refractivity contribution < 1.29 is 13.2 Å². The molecule has 0 saturated heterocycles. The third kappa shape index (κ3) is 4.05. The third-order valence-corrected chi connectivity index (χ3v) is 4.11. The van der Waals surface area contributed by atoms with Crippen molar-refractivity contribution in [2.45, 2.75) is 12.7 Å². The third-order valence-electron chi connectivity index (χ3n) is 2.78. The molecule has 0 aliphatic carbocycles. The van der Waals surface area contributed by atoms with E-state index in [2.05, 4.69) is 21.2 Å². The Kier molecular flexibility index (Phi) is 5.07. The Morgan fingerprint density at radius 1 is 1.10 bits per heavy atom. The number of anilines is 1. The monoisotopic (exact) mass is 397 g/mol. The van der Waals surface area contributed by atoms with Crippen molar-refractivity contribution in [3.05, 3.63) is 62.0 Å². The fourth-order valence-corrected chi connectivity index (χ4v) is 2.63. The van der Waals surface area contributed by atoms with Crippen molar-refractivity contribution in [1.82, 2.24) is 0 Å². The van der Waals surface area contributed by atoms with Crippen molar-refractivity contribution in [2.24, 2.45) is 0 Å². The van der Waals surface area contributed by atoms with Gasteiger partial charge in [0.25, 0.3) is 0 Å². The van der Waals surface area contributed by atoms with Gasteiger partial charge in [-0.15, -0.1) is 0 Å². The van der Waals surface area contributed by atoms with E-state index < -0.39 is 11.7 Å². The number of hydrogen-bond acceptors (Lipinski definition) is 1. The molecule has 0 aromatic heterocycles. The van der Waals surface area contributed by atoms with E-state index in [0.29, 0.717) is 5.02 Å². The van der Waals surface area contributed by atoms with Gasteiger partial charge < -0.3 is 5.32 Å². The largest absolute Gasteiger partial charge is 0.418 e. The van der Waals surface area contributed by atoms with E-state index in [1.165, 1.54) is 12.1 Å². The second-order valence-electron chi connectivity index (χ2n) is 4.25. The first kappa shape index (κ1) is 16.5. The summed E-state index contributed by atoms with van der Waals surface area (Å²) in [5.41, 5.74) is -0.206. The molecule has 2 aromatic rings. The molecule has 0 saturated carbocycles. The van der Waals surface area contributed by atoms with E-state index >= 15 is 0 Å². The highest BCUT2D eigenvalue weighted by Crippen LogP contribution is 2.38. The van der Waals surface area contributed by atoms with Gasteiger partial charge in [0.1, 0.15) is 0 Å². The molecule has 0 aliphatic heterocycles. The molecule has 2 aromatic carbocycles. The highest BCUT2D eigenvalue weighted by molar-refractivity contribution is 9.10. The maximum absolute atomic E-state index is 13.0. The molecule has 0 bridgehead atoms. The van der Waals surface area contributed by atoms with E-state index in [-0.39, 0.29) is 17.3 Å². The highest BCUT2D eigenvalue weighted by atomic mass is 79.9. The first-order valence-corrected chi connectivity index (χ1v) is 7.37. The fourth-order valence-electron chi connectivity index (χ4n) is 1.80. The van der Waals surface area contributed by atoms with Gasteiger partial charge in [-0.2, -0.15) is 13.2 Å². The predicted molar refractivity (Wildman–Crippen MR) is 82.9 cm³/mol. The number of rotatable bonds is 3. The van der Waals surface area contributed by atoms with Crippen LogP contribution in [-0.4, -0.2) is 0 Å². The van der Waals surface area contributed by atoms with E-state index in [1.807, 2.05) is 0 Å². The molecule has 1 N–H and O–H groups in total. The maximum Gasteiger partial charge on any atom is 0.418 e. The van der Waals surface area contributed by atoms with Gasteiger partial charge in [-0.05, 0) is 35.9 Å². The lowest BCUT2D eigenvalue weighted by atomic mass is 10.1. The Hall–Kier alpha value is -0.910. The second kappa shape index (κ2) is 6.46. The number of alkyl halides is 3. The molecule has 1 nitrogen and oxygen atoms in total. The second-order valence-corrected chi connectivity index (χ2v) is 5.95. The van der Waals surface area contributed by atoms with E-state index in [0.717, 1.165) is 16.1 Å². The van der Waals surface area contributed by atoms with Crippen molar-refractivity contribution >= 4 is 44.8 Å². The van der Waals surface area contributed by atoms with Gasteiger partial charge in [-0.3, -0.25) is 0 Å². The Labute approximate surface area is 138 Å². The Morgan fingerprint density at radius 2 is 1.81 bits per heavy atom. The first-order chi connectivity index (χ1) is 9.79. The minimum Gasteiger partial charge on any atom is -0.379 e. The summed E-state index contributed by atoms with van der Waals surface area (Å²) in [5, 5.41) is 3.25. The molecular weight excluding hydrogens is 390 g/mol. The van der Waals surface area contributed by atoms with Crippen LogP contribution in [0.15, 0.2) is 40.9 Å². The number of benzene rings is 2. The van der Waals surface area contributed by atoms with E-state index in [1.54, 1.807) is 18.2 Å². The molecule has 21 heavy (non-hydrogen) atoms. The lowest BCUT2D eigenvalue weighted by Crippen LogP contribution is -2.11. The number of halogens is 6. The van der Waals surface area contributed by atoms with Gasteiger partial charge >= 0.3 is 6.18 Å². The molecule has 0 radical (unpaired) electrons. The average Bonchev–Trinajstić information content (AvgIpc) is 2.39. The van der Waals surface area contributed by atoms with Gasteiger partial charge in [0.2, 0.25) is 0 Å². The summed E-state index contributed by atoms with van der Waals surface area (Å²) in [7, 11) is 0.